The van der Waals surface area contributed by atoms with Crippen LogP contribution in [0.1, 0.15) is 25.8 Å². The van der Waals surface area contributed by atoms with Gasteiger partial charge in [0, 0.05) is 18.3 Å². The summed E-state index contributed by atoms with van der Waals surface area (Å²) in [5, 5.41) is 12.1. The highest BCUT2D eigenvalue weighted by Crippen LogP contribution is 2.29. The van der Waals surface area contributed by atoms with Crippen LogP contribution in [0.3, 0.4) is 0 Å². The van der Waals surface area contributed by atoms with E-state index in [9.17, 15) is 14.7 Å². The molecule has 1 aromatic carbocycles. The van der Waals surface area contributed by atoms with Crippen LogP contribution >= 0.6 is 0 Å². The van der Waals surface area contributed by atoms with Crippen LogP contribution in [0.2, 0.25) is 0 Å². The normalized spacial score (nSPS) is 19.1. The first-order chi connectivity index (χ1) is 9.52. The van der Waals surface area contributed by atoms with Crippen molar-refractivity contribution in [1.82, 2.24) is 5.32 Å². The number of benzene rings is 1. The summed E-state index contributed by atoms with van der Waals surface area (Å²) < 4.78 is 0. The van der Waals surface area contributed by atoms with Gasteiger partial charge >= 0.3 is 12.0 Å². The Labute approximate surface area is 118 Å². The average Bonchev–Trinajstić information content (AvgIpc) is 2.45. The van der Waals surface area contributed by atoms with Gasteiger partial charge in [0.1, 0.15) is 0 Å². The van der Waals surface area contributed by atoms with Crippen LogP contribution in [0.15, 0.2) is 24.3 Å². The molecule has 0 spiro atoms. The standard InChI is InChI=1S/C15H20N2O3/c1-3-10(2)16-15(20)17-9-12(14(18)19)8-11-6-4-5-7-13(11)17/h4-7,10,12H,3,8-9H2,1-2H3,(H,16,20)(H,18,19). The maximum Gasteiger partial charge on any atom is 0.322 e. The van der Waals surface area contributed by atoms with Crippen LogP contribution in [-0.4, -0.2) is 29.7 Å². The zero-order valence-corrected chi connectivity index (χ0v) is 11.8. The van der Waals surface area contributed by atoms with Gasteiger partial charge in [0.25, 0.3) is 0 Å². The van der Waals surface area contributed by atoms with Crippen molar-refractivity contribution in [3.05, 3.63) is 29.8 Å². The molecular formula is C15H20N2O3. The van der Waals surface area contributed by atoms with Crippen molar-refractivity contribution >= 4 is 17.7 Å². The molecule has 1 heterocycles. The Balaban J connectivity index is 2.26. The first-order valence-corrected chi connectivity index (χ1v) is 6.91. The number of nitrogens with zero attached hydrogens (tertiary/aromatic N) is 1. The second kappa shape index (κ2) is 5.94. The minimum Gasteiger partial charge on any atom is -0.481 e. The van der Waals surface area contributed by atoms with Gasteiger partial charge in [-0.15, -0.1) is 0 Å². The molecule has 0 fully saturated rings. The van der Waals surface area contributed by atoms with Crippen LogP contribution in [0, 0.1) is 5.92 Å². The summed E-state index contributed by atoms with van der Waals surface area (Å²) in [7, 11) is 0. The molecule has 0 aliphatic carbocycles. The Morgan fingerprint density at radius 3 is 2.80 bits per heavy atom. The molecule has 2 N–H and O–H groups in total. The maximum absolute atomic E-state index is 12.3. The van der Waals surface area contributed by atoms with Gasteiger partial charge < -0.3 is 10.4 Å². The highest BCUT2D eigenvalue weighted by Gasteiger charge is 2.32. The summed E-state index contributed by atoms with van der Waals surface area (Å²) in [6.07, 6.45) is 1.31. The molecule has 2 unspecified atom stereocenters. The zero-order valence-electron chi connectivity index (χ0n) is 11.8. The molecule has 1 aliphatic heterocycles. The first kappa shape index (κ1) is 14.4. The summed E-state index contributed by atoms with van der Waals surface area (Å²) in [5.41, 5.74) is 1.72. The molecule has 0 saturated carbocycles. The molecule has 0 bridgehead atoms. The summed E-state index contributed by atoms with van der Waals surface area (Å²) in [4.78, 5) is 25.1. The Morgan fingerprint density at radius 2 is 2.15 bits per heavy atom. The summed E-state index contributed by atoms with van der Waals surface area (Å²) >= 11 is 0. The van der Waals surface area contributed by atoms with E-state index in [1.165, 1.54) is 0 Å². The van der Waals surface area contributed by atoms with Gasteiger partial charge in [-0.2, -0.15) is 0 Å². The number of rotatable bonds is 3. The molecule has 5 heteroatoms. The third-order valence-electron chi connectivity index (χ3n) is 3.73. The number of amides is 2. The fourth-order valence-corrected chi connectivity index (χ4v) is 2.34. The van der Waals surface area contributed by atoms with Crippen molar-refractivity contribution in [3.63, 3.8) is 0 Å². The molecule has 20 heavy (non-hydrogen) atoms. The molecule has 0 radical (unpaired) electrons. The van der Waals surface area contributed by atoms with Gasteiger partial charge in [0.15, 0.2) is 0 Å². The van der Waals surface area contributed by atoms with Gasteiger partial charge in [-0.1, -0.05) is 25.1 Å². The van der Waals surface area contributed by atoms with E-state index < -0.39 is 11.9 Å². The molecule has 2 rings (SSSR count). The van der Waals surface area contributed by atoms with Crippen LogP contribution in [0.4, 0.5) is 10.5 Å². The molecule has 108 valence electrons. The van der Waals surface area contributed by atoms with E-state index in [2.05, 4.69) is 5.32 Å². The quantitative estimate of drug-likeness (QED) is 0.889. The predicted octanol–water partition coefficient (Wildman–Crippen LogP) is 2.26. The lowest BCUT2D eigenvalue weighted by Crippen LogP contribution is -2.49. The maximum atomic E-state index is 12.3. The number of carbonyl (C=O) groups is 2. The molecule has 0 saturated heterocycles. The second-order valence-electron chi connectivity index (χ2n) is 5.24. The third-order valence-corrected chi connectivity index (χ3v) is 3.73. The van der Waals surface area contributed by atoms with Gasteiger partial charge in [-0.25, -0.2) is 4.79 Å². The number of carbonyl (C=O) groups excluding carboxylic acids is 1. The van der Waals surface area contributed by atoms with Crippen LogP contribution in [-0.2, 0) is 11.2 Å². The van der Waals surface area contributed by atoms with Crippen molar-refractivity contribution < 1.29 is 14.7 Å². The largest absolute Gasteiger partial charge is 0.481 e. The number of carboxylic acid groups (broad SMARTS) is 1. The van der Waals surface area contributed by atoms with E-state index in [0.717, 1.165) is 17.7 Å². The van der Waals surface area contributed by atoms with E-state index in [1.807, 2.05) is 38.1 Å². The number of carboxylic acids is 1. The summed E-state index contributed by atoms with van der Waals surface area (Å²) in [5.74, 6) is -1.41. The topological polar surface area (TPSA) is 69.6 Å². The number of fused-ring (bicyclic) bond motifs is 1. The van der Waals surface area contributed by atoms with E-state index >= 15 is 0 Å². The average molecular weight is 276 g/mol. The van der Waals surface area contributed by atoms with E-state index in [4.69, 9.17) is 0 Å². The molecule has 1 aromatic rings. The molecule has 0 aromatic heterocycles. The minimum absolute atomic E-state index is 0.0693. The highest BCUT2D eigenvalue weighted by atomic mass is 16.4. The van der Waals surface area contributed by atoms with Crippen molar-refractivity contribution in [3.8, 4) is 0 Å². The number of hydrogen-bond acceptors (Lipinski definition) is 2. The Hall–Kier alpha value is -2.04. The van der Waals surface area contributed by atoms with Crippen LogP contribution < -0.4 is 10.2 Å². The lowest BCUT2D eigenvalue weighted by Gasteiger charge is -2.33. The van der Waals surface area contributed by atoms with Crippen molar-refractivity contribution in [1.29, 1.82) is 0 Å². The molecular weight excluding hydrogens is 256 g/mol. The van der Waals surface area contributed by atoms with Crippen molar-refractivity contribution in [2.45, 2.75) is 32.7 Å². The summed E-state index contributed by atoms with van der Waals surface area (Å²) in [6.45, 7) is 4.15. The SMILES string of the molecule is CCC(C)NC(=O)N1CC(C(=O)O)Cc2ccccc21. The van der Waals surface area contributed by atoms with Gasteiger partial charge in [-0.3, -0.25) is 9.69 Å². The number of hydrogen-bond donors (Lipinski definition) is 2. The fourth-order valence-electron chi connectivity index (χ4n) is 2.34. The Kier molecular flexibility index (Phi) is 4.27. The highest BCUT2D eigenvalue weighted by molar-refractivity contribution is 5.94. The Bertz CT molecular complexity index is 516. The van der Waals surface area contributed by atoms with Crippen molar-refractivity contribution in [2.75, 3.05) is 11.4 Å². The van der Waals surface area contributed by atoms with Gasteiger partial charge in [0.2, 0.25) is 0 Å². The number of urea groups is 1. The van der Waals surface area contributed by atoms with Gasteiger partial charge in [-0.05, 0) is 31.4 Å². The molecule has 5 nitrogen and oxygen atoms in total. The number of nitrogens with one attached hydrogen (secondary N) is 1. The molecule has 1 aliphatic rings. The minimum atomic E-state index is -0.860. The van der Waals surface area contributed by atoms with Crippen LogP contribution in [0.5, 0.6) is 0 Å². The lowest BCUT2D eigenvalue weighted by molar-refractivity contribution is -0.141. The predicted molar refractivity (Wildman–Crippen MR) is 76.9 cm³/mol. The first-order valence-electron chi connectivity index (χ1n) is 6.91. The summed E-state index contributed by atoms with van der Waals surface area (Å²) in [6, 6.07) is 7.33. The van der Waals surface area contributed by atoms with E-state index in [0.29, 0.717) is 6.42 Å². The van der Waals surface area contributed by atoms with Crippen molar-refractivity contribution in [2.24, 2.45) is 5.92 Å². The van der Waals surface area contributed by atoms with E-state index in [1.54, 1.807) is 4.90 Å². The number of para-hydroxylation sites is 1. The van der Waals surface area contributed by atoms with Gasteiger partial charge in [0.05, 0.1) is 5.92 Å². The lowest BCUT2D eigenvalue weighted by atomic mass is 9.93. The van der Waals surface area contributed by atoms with Crippen LogP contribution in [0.25, 0.3) is 0 Å². The third kappa shape index (κ3) is 2.92. The van der Waals surface area contributed by atoms with E-state index in [-0.39, 0.29) is 18.6 Å². The fraction of sp³-hybridized carbons (Fsp3) is 0.467. The monoisotopic (exact) mass is 276 g/mol. The number of anilines is 1. The molecule has 2 atom stereocenters. The second-order valence-corrected chi connectivity index (χ2v) is 5.24. The Morgan fingerprint density at radius 1 is 1.45 bits per heavy atom. The zero-order chi connectivity index (χ0) is 14.7. The smallest absolute Gasteiger partial charge is 0.322 e. The number of aliphatic carboxylic acids is 1. The molecule has 2 amide bonds.